The van der Waals surface area contributed by atoms with Crippen LogP contribution in [0.1, 0.15) is 25.5 Å². The van der Waals surface area contributed by atoms with Crippen LogP contribution in [0, 0.1) is 23.0 Å². The van der Waals surface area contributed by atoms with Crippen LogP contribution >= 0.6 is 0 Å². The molecule has 2 heterocycles. The first-order valence-corrected chi connectivity index (χ1v) is 7.49. The molecule has 2 aromatic rings. The highest BCUT2D eigenvalue weighted by Gasteiger charge is 2.25. The second kappa shape index (κ2) is 6.15. The lowest BCUT2D eigenvalue weighted by Gasteiger charge is -2.26. The molecule has 0 spiro atoms. The van der Waals surface area contributed by atoms with Gasteiger partial charge in [0, 0.05) is 18.4 Å². The molecule has 2 aromatic heterocycles. The van der Waals surface area contributed by atoms with Gasteiger partial charge in [-0.2, -0.15) is 4.98 Å². The standard InChI is InChI=1S/C15H18N6O2/c1-10-5-3-4-6-12(10)18-15-17-11(2)13(21(22)23)14(19-15)20-8-7-16-9-20/h3-4,7-10,12H,5-6H2,1-2H3,(H,17,18,19)/t10-,12+/m1/s1. The Balaban J connectivity index is 1.99. The van der Waals surface area contributed by atoms with E-state index in [4.69, 9.17) is 0 Å². The number of nitrogens with one attached hydrogen (secondary N) is 1. The fraction of sp³-hybridized carbons (Fsp3) is 0.400. The Morgan fingerprint density at radius 3 is 2.78 bits per heavy atom. The molecule has 8 nitrogen and oxygen atoms in total. The topological polar surface area (TPSA) is 98.8 Å². The summed E-state index contributed by atoms with van der Waals surface area (Å²) in [5, 5.41) is 14.7. The van der Waals surface area contributed by atoms with Crippen LogP contribution in [0.3, 0.4) is 0 Å². The Kier molecular flexibility index (Phi) is 4.05. The van der Waals surface area contributed by atoms with Gasteiger partial charge in [0.15, 0.2) is 0 Å². The maximum atomic E-state index is 11.4. The predicted octanol–water partition coefficient (Wildman–Crippen LogP) is 2.65. The molecule has 0 bridgehead atoms. The van der Waals surface area contributed by atoms with Crippen molar-refractivity contribution in [2.24, 2.45) is 5.92 Å². The number of aromatic nitrogens is 4. The summed E-state index contributed by atoms with van der Waals surface area (Å²) in [7, 11) is 0. The molecule has 23 heavy (non-hydrogen) atoms. The van der Waals surface area contributed by atoms with Gasteiger partial charge >= 0.3 is 5.69 Å². The molecule has 0 unspecified atom stereocenters. The molecule has 0 fully saturated rings. The van der Waals surface area contributed by atoms with E-state index in [2.05, 4.69) is 39.3 Å². The molecule has 0 aromatic carbocycles. The van der Waals surface area contributed by atoms with Crippen molar-refractivity contribution in [3.05, 3.63) is 46.7 Å². The van der Waals surface area contributed by atoms with E-state index in [1.807, 2.05) is 0 Å². The predicted molar refractivity (Wildman–Crippen MR) is 85.5 cm³/mol. The van der Waals surface area contributed by atoms with E-state index in [9.17, 15) is 10.1 Å². The third kappa shape index (κ3) is 3.05. The van der Waals surface area contributed by atoms with E-state index in [0.717, 1.165) is 12.8 Å². The summed E-state index contributed by atoms with van der Waals surface area (Å²) >= 11 is 0. The van der Waals surface area contributed by atoms with Crippen LogP contribution in [-0.4, -0.2) is 30.5 Å². The summed E-state index contributed by atoms with van der Waals surface area (Å²) in [6.45, 7) is 3.78. The summed E-state index contributed by atoms with van der Waals surface area (Å²) in [4.78, 5) is 23.5. The Hall–Kier alpha value is -2.77. The number of aryl methyl sites for hydroxylation is 1. The van der Waals surface area contributed by atoms with Crippen molar-refractivity contribution < 1.29 is 4.92 Å². The maximum absolute atomic E-state index is 11.4. The second-order valence-corrected chi connectivity index (χ2v) is 5.70. The first kappa shape index (κ1) is 15.1. The third-order valence-electron chi connectivity index (χ3n) is 4.04. The minimum Gasteiger partial charge on any atom is -0.351 e. The van der Waals surface area contributed by atoms with Gasteiger partial charge in [-0.05, 0) is 25.7 Å². The van der Waals surface area contributed by atoms with E-state index in [0.29, 0.717) is 17.6 Å². The molecule has 1 aliphatic rings. The van der Waals surface area contributed by atoms with E-state index < -0.39 is 4.92 Å². The zero-order valence-corrected chi connectivity index (χ0v) is 13.0. The van der Waals surface area contributed by atoms with Gasteiger partial charge in [0.25, 0.3) is 0 Å². The van der Waals surface area contributed by atoms with Crippen molar-refractivity contribution >= 4 is 11.6 Å². The Morgan fingerprint density at radius 1 is 1.35 bits per heavy atom. The molecule has 0 saturated carbocycles. The van der Waals surface area contributed by atoms with Crippen LogP contribution < -0.4 is 5.32 Å². The number of rotatable bonds is 4. The van der Waals surface area contributed by atoms with Crippen molar-refractivity contribution in [3.63, 3.8) is 0 Å². The van der Waals surface area contributed by atoms with Crippen LogP contribution in [0.2, 0.25) is 0 Å². The molecule has 0 aliphatic heterocycles. The van der Waals surface area contributed by atoms with Gasteiger partial charge < -0.3 is 5.32 Å². The van der Waals surface area contributed by atoms with Crippen LogP contribution in [0.15, 0.2) is 30.9 Å². The quantitative estimate of drug-likeness (QED) is 0.529. The lowest BCUT2D eigenvalue weighted by Crippen LogP contribution is -2.29. The number of hydrogen-bond donors (Lipinski definition) is 1. The van der Waals surface area contributed by atoms with Crippen LogP contribution in [0.25, 0.3) is 5.82 Å². The fourth-order valence-electron chi connectivity index (χ4n) is 2.71. The molecule has 120 valence electrons. The van der Waals surface area contributed by atoms with Gasteiger partial charge in [0.1, 0.15) is 12.0 Å². The van der Waals surface area contributed by atoms with Gasteiger partial charge in [0.2, 0.25) is 11.8 Å². The van der Waals surface area contributed by atoms with Gasteiger partial charge in [-0.3, -0.25) is 14.7 Å². The number of nitro groups is 1. The molecule has 2 atom stereocenters. The first-order chi connectivity index (χ1) is 11.1. The van der Waals surface area contributed by atoms with Crippen LogP contribution in [0.4, 0.5) is 11.6 Å². The molecule has 3 rings (SSSR count). The molecule has 8 heteroatoms. The van der Waals surface area contributed by atoms with Gasteiger partial charge in [-0.15, -0.1) is 0 Å². The summed E-state index contributed by atoms with van der Waals surface area (Å²) in [5.74, 6) is 1.08. The fourth-order valence-corrected chi connectivity index (χ4v) is 2.71. The number of imidazole rings is 1. The van der Waals surface area contributed by atoms with Crippen molar-refractivity contribution in [1.82, 2.24) is 19.5 Å². The average Bonchev–Trinajstić information content (AvgIpc) is 3.03. The van der Waals surface area contributed by atoms with Crippen molar-refractivity contribution in [1.29, 1.82) is 0 Å². The van der Waals surface area contributed by atoms with E-state index >= 15 is 0 Å². The minimum atomic E-state index is -0.458. The minimum absolute atomic E-state index is 0.106. The maximum Gasteiger partial charge on any atom is 0.333 e. The Labute approximate surface area is 133 Å². The van der Waals surface area contributed by atoms with Gasteiger partial charge in [-0.1, -0.05) is 19.1 Å². The number of nitrogens with zero attached hydrogens (tertiary/aromatic N) is 5. The molecule has 0 saturated heterocycles. The molecule has 1 aliphatic carbocycles. The molecular formula is C15H18N6O2. The number of anilines is 1. The lowest BCUT2D eigenvalue weighted by atomic mass is 9.91. The van der Waals surface area contributed by atoms with Gasteiger partial charge in [0.05, 0.1) is 4.92 Å². The average molecular weight is 314 g/mol. The highest BCUT2D eigenvalue weighted by molar-refractivity contribution is 5.53. The summed E-state index contributed by atoms with van der Waals surface area (Å²) in [6.07, 6.45) is 10.9. The van der Waals surface area contributed by atoms with Crippen molar-refractivity contribution in [3.8, 4) is 5.82 Å². The highest BCUT2D eigenvalue weighted by Crippen LogP contribution is 2.27. The highest BCUT2D eigenvalue weighted by atomic mass is 16.6. The third-order valence-corrected chi connectivity index (χ3v) is 4.04. The normalized spacial score (nSPS) is 20.4. The van der Waals surface area contributed by atoms with Gasteiger partial charge in [-0.25, -0.2) is 9.97 Å². The lowest BCUT2D eigenvalue weighted by molar-refractivity contribution is -0.385. The largest absolute Gasteiger partial charge is 0.351 e. The van der Waals surface area contributed by atoms with E-state index in [1.165, 1.54) is 10.9 Å². The first-order valence-electron chi connectivity index (χ1n) is 7.49. The monoisotopic (exact) mass is 314 g/mol. The smallest absolute Gasteiger partial charge is 0.333 e. The van der Waals surface area contributed by atoms with Crippen molar-refractivity contribution in [2.75, 3.05) is 5.32 Å². The van der Waals surface area contributed by atoms with Crippen molar-refractivity contribution in [2.45, 2.75) is 32.7 Å². The van der Waals surface area contributed by atoms with Crippen LogP contribution in [0.5, 0.6) is 0 Å². The zero-order chi connectivity index (χ0) is 16.4. The molecule has 1 N–H and O–H groups in total. The molecule has 0 radical (unpaired) electrons. The number of allylic oxidation sites excluding steroid dienone is 1. The van der Waals surface area contributed by atoms with E-state index in [1.54, 1.807) is 19.3 Å². The Bertz CT molecular complexity index is 741. The molecular weight excluding hydrogens is 296 g/mol. The summed E-state index contributed by atoms with van der Waals surface area (Å²) in [5.41, 5.74) is 0.223. The SMILES string of the molecule is Cc1nc(N[C@H]2CC=CC[C@H]2C)nc(-n2ccnc2)c1[N+](=O)[O-]. The summed E-state index contributed by atoms with van der Waals surface area (Å²) in [6, 6.07) is 0.219. The zero-order valence-electron chi connectivity index (χ0n) is 13.0. The second-order valence-electron chi connectivity index (χ2n) is 5.70. The summed E-state index contributed by atoms with van der Waals surface area (Å²) < 4.78 is 1.53. The number of hydrogen-bond acceptors (Lipinski definition) is 6. The Morgan fingerprint density at radius 2 is 2.13 bits per heavy atom. The van der Waals surface area contributed by atoms with Crippen LogP contribution in [-0.2, 0) is 0 Å². The van der Waals surface area contributed by atoms with E-state index in [-0.39, 0.29) is 17.5 Å². The molecule has 0 amide bonds.